The van der Waals surface area contributed by atoms with Crippen molar-refractivity contribution in [3.8, 4) is 0 Å². The van der Waals surface area contributed by atoms with E-state index in [9.17, 15) is 4.91 Å². The zero-order valence-electron chi connectivity index (χ0n) is 7.80. The molecule has 1 rings (SSSR count). The molecule has 1 aliphatic heterocycles. The van der Waals surface area contributed by atoms with Crippen molar-refractivity contribution in [2.24, 2.45) is 21.0 Å². The van der Waals surface area contributed by atoms with Crippen LogP contribution in [-0.4, -0.2) is 42.1 Å². The molecule has 0 fully saturated rings. The van der Waals surface area contributed by atoms with Gasteiger partial charge in [0, 0.05) is 14.1 Å². The maximum absolute atomic E-state index is 10.4. The van der Waals surface area contributed by atoms with Crippen molar-refractivity contribution in [1.29, 1.82) is 0 Å². The van der Waals surface area contributed by atoms with E-state index >= 15 is 0 Å². The number of nitrogens with zero attached hydrogens (tertiary/aromatic N) is 5. The van der Waals surface area contributed by atoms with E-state index in [1.807, 2.05) is 0 Å². The van der Waals surface area contributed by atoms with E-state index in [-0.39, 0.29) is 12.1 Å². The molecule has 0 aromatic heterocycles. The summed E-state index contributed by atoms with van der Waals surface area (Å²) in [7, 11) is 3.50. The molecule has 72 valence electrons. The summed E-state index contributed by atoms with van der Waals surface area (Å²) in [5.41, 5.74) is 5.48. The van der Waals surface area contributed by atoms with E-state index in [4.69, 9.17) is 5.73 Å². The van der Waals surface area contributed by atoms with Gasteiger partial charge < -0.3 is 10.6 Å². The van der Waals surface area contributed by atoms with Gasteiger partial charge >= 0.3 is 0 Å². The summed E-state index contributed by atoms with van der Waals surface area (Å²) in [6, 6.07) is 0. The highest BCUT2D eigenvalue weighted by Gasteiger charge is 2.23. The highest BCUT2D eigenvalue weighted by atomic mass is 16.3. The number of hydrogen-bond acceptors (Lipinski definition) is 6. The molecule has 1 aliphatic rings. The first kappa shape index (κ1) is 9.43. The molecule has 0 bridgehead atoms. The fourth-order valence-corrected chi connectivity index (χ4v) is 0.982. The van der Waals surface area contributed by atoms with Gasteiger partial charge in [0.1, 0.15) is 6.17 Å². The largest absolute Gasteiger partial charge is 0.368 e. The third-order valence-corrected chi connectivity index (χ3v) is 1.51. The standard InChI is InChI=1S/C6H12N6O/c1-4-8-5(7)12(10-13)6(9-4)11(2)3/h4H,1-3H3,(H2,7,8)/t4-/m1/s1. The van der Waals surface area contributed by atoms with Gasteiger partial charge in [0.25, 0.3) is 0 Å². The normalized spacial score (nSPS) is 22.1. The van der Waals surface area contributed by atoms with Crippen molar-refractivity contribution in [3.05, 3.63) is 4.91 Å². The van der Waals surface area contributed by atoms with Crippen LogP contribution >= 0.6 is 0 Å². The molecule has 0 aromatic carbocycles. The van der Waals surface area contributed by atoms with Crippen molar-refractivity contribution < 1.29 is 0 Å². The molecule has 0 spiro atoms. The first-order valence-corrected chi connectivity index (χ1v) is 3.78. The fraction of sp³-hybridized carbons (Fsp3) is 0.667. The van der Waals surface area contributed by atoms with Crippen LogP contribution in [0, 0.1) is 4.91 Å². The van der Waals surface area contributed by atoms with E-state index in [2.05, 4.69) is 15.3 Å². The SMILES string of the molecule is C[C@@H]1N=C(N)N(N=O)C(N(C)C)=N1. The van der Waals surface area contributed by atoms with Crippen molar-refractivity contribution >= 4 is 11.9 Å². The summed E-state index contributed by atoms with van der Waals surface area (Å²) >= 11 is 0. The average Bonchev–Trinajstić information content (AvgIpc) is 2.02. The Morgan fingerprint density at radius 3 is 2.62 bits per heavy atom. The lowest BCUT2D eigenvalue weighted by molar-refractivity contribution is 0.470. The van der Waals surface area contributed by atoms with Crippen LogP contribution in [0.25, 0.3) is 0 Å². The molecule has 0 aromatic rings. The van der Waals surface area contributed by atoms with Crippen molar-refractivity contribution in [3.63, 3.8) is 0 Å². The van der Waals surface area contributed by atoms with Gasteiger partial charge in [-0.25, -0.2) is 9.98 Å². The van der Waals surface area contributed by atoms with Crippen molar-refractivity contribution in [1.82, 2.24) is 9.91 Å². The molecule has 1 atom stereocenters. The van der Waals surface area contributed by atoms with Crippen LogP contribution in [-0.2, 0) is 0 Å². The van der Waals surface area contributed by atoms with Gasteiger partial charge in [-0.15, -0.1) is 9.92 Å². The number of hydrogen-bond donors (Lipinski definition) is 1. The molecule has 13 heavy (non-hydrogen) atoms. The lowest BCUT2D eigenvalue weighted by atomic mass is 10.5. The minimum atomic E-state index is -0.268. The number of nitrogens with two attached hydrogens (primary N) is 1. The molecule has 0 saturated heterocycles. The Balaban J connectivity index is 2.98. The van der Waals surface area contributed by atoms with E-state index in [1.165, 1.54) is 0 Å². The first-order chi connectivity index (χ1) is 6.06. The van der Waals surface area contributed by atoms with Gasteiger partial charge in [-0.1, -0.05) is 0 Å². The third-order valence-electron chi connectivity index (χ3n) is 1.51. The summed E-state index contributed by atoms with van der Waals surface area (Å²) in [6.07, 6.45) is -0.268. The smallest absolute Gasteiger partial charge is 0.229 e. The van der Waals surface area contributed by atoms with Crippen LogP contribution in [0.15, 0.2) is 15.3 Å². The average molecular weight is 184 g/mol. The van der Waals surface area contributed by atoms with Crippen LogP contribution in [0.1, 0.15) is 6.92 Å². The van der Waals surface area contributed by atoms with Crippen molar-refractivity contribution in [2.45, 2.75) is 13.1 Å². The van der Waals surface area contributed by atoms with Gasteiger partial charge in [-0.2, -0.15) is 0 Å². The predicted octanol–water partition coefficient (Wildman–Crippen LogP) is -0.438. The van der Waals surface area contributed by atoms with E-state index in [0.717, 1.165) is 5.01 Å². The van der Waals surface area contributed by atoms with Crippen LogP contribution in [0.2, 0.25) is 0 Å². The number of rotatable bonds is 1. The maximum atomic E-state index is 10.4. The molecule has 0 amide bonds. The summed E-state index contributed by atoms with van der Waals surface area (Å²) in [4.78, 5) is 20.0. The van der Waals surface area contributed by atoms with Gasteiger partial charge in [0.05, 0.1) is 5.29 Å². The zero-order chi connectivity index (χ0) is 10.0. The van der Waals surface area contributed by atoms with Gasteiger partial charge in [0.2, 0.25) is 11.9 Å². The van der Waals surface area contributed by atoms with Crippen LogP contribution in [0.5, 0.6) is 0 Å². The van der Waals surface area contributed by atoms with Gasteiger partial charge in [0.15, 0.2) is 0 Å². The molecule has 0 saturated carbocycles. The Kier molecular flexibility index (Phi) is 2.45. The topological polar surface area (TPSA) is 86.6 Å². The van der Waals surface area contributed by atoms with Gasteiger partial charge in [-0.05, 0) is 6.92 Å². The van der Waals surface area contributed by atoms with Crippen LogP contribution in [0.4, 0.5) is 0 Å². The molecular formula is C6H12N6O. The van der Waals surface area contributed by atoms with Crippen LogP contribution in [0.3, 0.4) is 0 Å². The minimum absolute atomic E-state index is 0.0706. The fourth-order valence-electron chi connectivity index (χ4n) is 0.982. The molecule has 2 N–H and O–H groups in total. The summed E-state index contributed by atoms with van der Waals surface area (Å²) in [6.45, 7) is 1.78. The highest BCUT2D eigenvalue weighted by Crippen LogP contribution is 2.07. The summed E-state index contributed by atoms with van der Waals surface area (Å²) in [5.74, 6) is 0.469. The predicted molar refractivity (Wildman–Crippen MR) is 49.8 cm³/mol. The molecule has 7 heteroatoms. The second-order valence-electron chi connectivity index (χ2n) is 2.84. The highest BCUT2D eigenvalue weighted by molar-refractivity contribution is 5.98. The number of guanidine groups is 2. The molecule has 0 radical (unpaired) electrons. The van der Waals surface area contributed by atoms with Crippen molar-refractivity contribution in [2.75, 3.05) is 14.1 Å². The molecule has 7 nitrogen and oxygen atoms in total. The molecular weight excluding hydrogens is 172 g/mol. The first-order valence-electron chi connectivity index (χ1n) is 3.78. The lowest BCUT2D eigenvalue weighted by Gasteiger charge is -2.26. The molecule has 0 unspecified atom stereocenters. The number of nitroso groups, excluding NO2 is 1. The molecule has 0 aliphatic carbocycles. The second kappa shape index (κ2) is 3.38. The number of aliphatic imine (C=N–C) groups is 2. The summed E-state index contributed by atoms with van der Waals surface area (Å²) in [5, 5.41) is 3.68. The molecule has 1 heterocycles. The van der Waals surface area contributed by atoms with Crippen LogP contribution < -0.4 is 5.73 Å². The Labute approximate surface area is 75.9 Å². The van der Waals surface area contributed by atoms with E-state index < -0.39 is 0 Å². The Bertz CT molecular complexity index is 270. The summed E-state index contributed by atoms with van der Waals surface area (Å²) < 4.78 is 0. The lowest BCUT2D eigenvalue weighted by Crippen LogP contribution is -2.47. The Morgan fingerprint density at radius 2 is 2.15 bits per heavy atom. The third kappa shape index (κ3) is 1.74. The maximum Gasteiger partial charge on any atom is 0.229 e. The quantitative estimate of drug-likeness (QED) is 0.560. The Hall–Kier alpha value is -1.66. The second-order valence-corrected chi connectivity index (χ2v) is 2.84. The monoisotopic (exact) mass is 184 g/mol. The van der Waals surface area contributed by atoms with Gasteiger partial charge in [-0.3, -0.25) is 0 Å². The van der Waals surface area contributed by atoms with E-state index in [1.54, 1.807) is 25.9 Å². The zero-order valence-corrected chi connectivity index (χ0v) is 7.80. The Morgan fingerprint density at radius 1 is 1.54 bits per heavy atom. The minimum Gasteiger partial charge on any atom is -0.368 e. The van der Waals surface area contributed by atoms with E-state index in [0.29, 0.717) is 5.96 Å².